The second-order valence-corrected chi connectivity index (χ2v) is 12.8. The van der Waals surface area contributed by atoms with Gasteiger partial charge in [-0.05, 0) is 80.7 Å². The molecule has 0 unspecified atom stereocenters. The number of aliphatic imine (C=N–C) groups is 1. The van der Waals surface area contributed by atoms with E-state index >= 15 is 0 Å². The van der Waals surface area contributed by atoms with Crippen LogP contribution in [0.4, 0.5) is 9.59 Å². The number of hydrogen-bond acceptors (Lipinski definition) is 10. The number of amides is 3. The van der Waals surface area contributed by atoms with Crippen LogP contribution in [-0.2, 0) is 28.5 Å². The van der Waals surface area contributed by atoms with E-state index in [0.29, 0.717) is 25.3 Å². The monoisotopic (exact) mass is 609 g/mol. The molecule has 244 valence electrons. The highest BCUT2D eigenvalue weighted by Crippen LogP contribution is 2.30. The van der Waals surface area contributed by atoms with Crippen LogP contribution in [0, 0.1) is 5.92 Å². The van der Waals surface area contributed by atoms with E-state index in [9.17, 15) is 19.2 Å². The van der Waals surface area contributed by atoms with Gasteiger partial charge in [0.15, 0.2) is 0 Å². The van der Waals surface area contributed by atoms with Crippen molar-refractivity contribution in [1.82, 2.24) is 20.9 Å². The molecule has 1 aliphatic heterocycles. The summed E-state index contributed by atoms with van der Waals surface area (Å²) >= 11 is 0. The molecule has 0 spiro atoms. The SMILES string of the molecule is CCOC[C@H]1CCCN([C@@H]2C=C(C(=O)OCC)C[C@H](N=C(NC(=O)OC(C)(C)C)NC(=O)OC(C)(C)C)[C@H]2NC(C)=O)C1. The van der Waals surface area contributed by atoms with Crippen molar-refractivity contribution in [2.75, 3.05) is 32.9 Å². The lowest BCUT2D eigenvalue weighted by Crippen LogP contribution is -2.60. The molecule has 0 aromatic carbocycles. The Morgan fingerprint density at radius 1 is 0.977 bits per heavy atom. The van der Waals surface area contributed by atoms with Gasteiger partial charge in [-0.1, -0.05) is 6.08 Å². The average molecular weight is 610 g/mol. The Bertz CT molecular complexity index is 1010. The molecule has 2 rings (SSSR count). The van der Waals surface area contributed by atoms with Gasteiger partial charge in [0, 0.05) is 32.1 Å². The van der Waals surface area contributed by atoms with Crippen LogP contribution in [0.25, 0.3) is 0 Å². The molecule has 0 aromatic rings. The smallest absolute Gasteiger partial charge is 0.414 e. The fourth-order valence-corrected chi connectivity index (χ4v) is 5.06. The number of likely N-dealkylation sites (tertiary alicyclic amines) is 1. The van der Waals surface area contributed by atoms with E-state index in [4.69, 9.17) is 23.9 Å². The predicted molar refractivity (Wildman–Crippen MR) is 161 cm³/mol. The van der Waals surface area contributed by atoms with Gasteiger partial charge in [-0.25, -0.2) is 19.4 Å². The maximum Gasteiger partial charge on any atom is 0.414 e. The number of alkyl carbamates (subject to hydrolysis) is 2. The van der Waals surface area contributed by atoms with Gasteiger partial charge < -0.3 is 24.3 Å². The summed E-state index contributed by atoms with van der Waals surface area (Å²) in [7, 11) is 0. The van der Waals surface area contributed by atoms with Crippen LogP contribution in [0.2, 0.25) is 0 Å². The molecule has 0 radical (unpaired) electrons. The summed E-state index contributed by atoms with van der Waals surface area (Å²) in [5.74, 6) is -0.722. The molecular formula is C30H51N5O8. The topological polar surface area (TPSA) is 157 Å². The zero-order valence-corrected chi connectivity index (χ0v) is 27.2. The Morgan fingerprint density at radius 3 is 2.09 bits per heavy atom. The molecule has 13 nitrogen and oxygen atoms in total. The Morgan fingerprint density at radius 2 is 1.58 bits per heavy atom. The third kappa shape index (κ3) is 12.9. The summed E-state index contributed by atoms with van der Waals surface area (Å²) in [6.45, 7) is 18.2. The molecule has 43 heavy (non-hydrogen) atoms. The van der Waals surface area contributed by atoms with Gasteiger partial charge in [-0.15, -0.1) is 0 Å². The van der Waals surface area contributed by atoms with Crippen molar-refractivity contribution in [3.8, 4) is 0 Å². The summed E-state index contributed by atoms with van der Waals surface area (Å²) in [6, 6.07) is -1.79. The first-order valence-corrected chi connectivity index (χ1v) is 15.1. The van der Waals surface area contributed by atoms with Crippen molar-refractivity contribution < 1.29 is 38.1 Å². The largest absolute Gasteiger partial charge is 0.463 e. The van der Waals surface area contributed by atoms with Gasteiger partial charge in [-0.3, -0.25) is 20.3 Å². The number of carbonyl (C=O) groups excluding carboxylic acids is 4. The van der Waals surface area contributed by atoms with Crippen LogP contribution in [0.5, 0.6) is 0 Å². The molecule has 13 heteroatoms. The lowest BCUT2D eigenvalue weighted by Gasteiger charge is -2.44. The first-order chi connectivity index (χ1) is 20.0. The Kier molecular flexibility index (Phi) is 13.4. The van der Waals surface area contributed by atoms with E-state index in [2.05, 4.69) is 20.9 Å². The lowest BCUT2D eigenvalue weighted by molar-refractivity contribution is -0.138. The number of piperidine rings is 1. The fraction of sp³-hybridized carbons (Fsp3) is 0.767. The van der Waals surface area contributed by atoms with Crippen LogP contribution >= 0.6 is 0 Å². The summed E-state index contributed by atoms with van der Waals surface area (Å²) in [4.78, 5) is 57.9. The Balaban J connectivity index is 2.55. The third-order valence-corrected chi connectivity index (χ3v) is 6.55. The maximum atomic E-state index is 13.0. The highest BCUT2D eigenvalue weighted by molar-refractivity contribution is 6.01. The van der Waals surface area contributed by atoms with Gasteiger partial charge in [0.05, 0.1) is 31.3 Å². The lowest BCUT2D eigenvalue weighted by atomic mass is 9.84. The summed E-state index contributed by atoms with van der Waals surface area (Å²) < 4.78 is 21.8. The zero-order valence-electron chi connectivity index (χ0n) is 27.2. The zero-order chi connectivity index (χ0) is 32.4. The second kappa shape index (κ2) is 16.0. The summed E-state index contributed by atoms with van der Waals surface area (Å²) in [6.07, 6.45) is 2.17. The third-order valence-electron chi connectivity index (χ3n) is 6.55. The van der Waals surface area contributed by atoms with E-state index in [1.807, 2.05) is 13.0 Å². The van der Waals surface area contributed by atoms with Crippen LogP contribution in [0.15, 0.2) is 16.6 Å². The van der Waals surface area contributed by atoms with E-state index in [1.54, 1.807) is 48.5 Å². The van der Waals surface area contributed by atoms with Gasteiger partial charge in [0.1, 0.15) is 11.2 Å². The molecule has 2 aliphatic rings. The van der Waals surface area contributed by atoms with Crippen molar-refractivity contribution in [2.24, 2.45) is 10.9 Å². The van der Waals surface area contributed by atoms with Gasteiger partial charge in [0.2, 0.25) is 11.9 Å². The number of rotatable bonds is 8. The molecule has 1 fully saturated rings. The molecular weight excluding hydrogens is 558 g/mol. The van der Waals surface area contributed by atoms with E-state index in [-0.39, 0.29) is 30.8 Å². The molecule has 3 N–H and O–H groups in total. The number of ether oxygens (including phenoxy) is 4. The van der Waals surface area contributed by atoms with Crippen LogP contribution < -0.4 is 16.0 Å². The minimum atomic E-state index is -0.846. The standard InChI is InChI=1S/C30H51N5O8/c1-10-40-18-20-13-12-14-35(17-20)23-16-21(25(37)41-11-2)15-22(24(23)31-19(3)36)32-26(33-27(38)42-29(4,5)6)34-28(39)43-30(7,8)9/h16,20,22-24H,10-15,17-18H2,1-9H3,(H,31,36)(H2,32,33,34,38,39)/t20-,22-,23+,24+/m0/s1. The molecule has 3 amide bonds. The minimum Gasteiger partial charge on any atom is -0.463 e. The van der Waals surface area contributed by atoms with E-state index in [0.717, 1.165) is 19.4 Å². The summed E-state index contributed by atoms with van der Waals surface area (Å²) in [5.41, 5.74) is -1.24. The van der Waals surface area contributed by atoms with E-state index in [1.165, 1.54) is 6.92 Å². The normalized spacial score (nSPS) is 22.9. The quantitative estimate of drug-likeness (QED) is 0.163. The van der Waals surface area contributed by atoms with Crippen molar-refractivity contribution in [3.05, 3.63) is 11.6 Å². The molecule has 1 heterocycles. The molecule has 0 aromatic heterocycles. The number of hydrogen-bond donors (Lipinski definition) is 3. The van der Waals surface area contributed by atoms with Crippen molar-refractivity contribution in [1.29, 1.82) is 0 Å². The van der Waals surface area contributed by atoms with Gasteiger partial charge in [-0.2, -0.15) is 0 Å². The van der Waals surface area contributed by atoms with Crippen LogP contribution in [0.3, 0.4) is 0 Å². The van der Waals surface area contributed by atoms with Crippen LogP contribution in [0.1, 0.15) is 81.6 Å². The van der Waals surface area contributed by atoms with Crippen molar-refractivity contribution >= 4 is 30.0 Å². The molecule has 1 saturated heterocycles. The highest BCUT2D eigenvalue weighted by atomic mass is 16.6. The van der Waals surface area contributed by atoms with Gasteiger partial charge >= 0.3 is 18.2 Å². The Labute approximate surface area is 255 Å². The van der Waals surface area contributed by atoms with Crippen LogP contribution in [-0.4, -0.2) is 97.2 Å². The molecule has 0 bridgehead atoms. The Hall–Kier alpha value is -3.19. The first-order valence-electron chi connectivity index (χ1n) is 15.1. The van der Waals surface area contributed by atoms with Crippen molar-refractivity contribution in [2.45, 2.75) is 111 Å². The first kappa shape index (κ1) is 36.0. The number of nitrogens with one attached hydrogen (secondary N) is 3. The number of carbonyl (C=O) groups is 4. The molecule has 0 saturated carbocycles. The minimum absolute atomic E-state index is 0.0893. The molecule has 4 atom stereocenters. The number of esters is 1. The highest BCUT2D eigenvalue weighted by Gasteiger charge is 2.41. The van der Waals surface area contributed by atoms with Crippen molar-refractivity contribution in [3.63, 3.8) is 0 Å². The summed E-state index contributed by atoms with van der Waals surface area (Å²) in [5, 5.41) is 8.02. The number of guanidine groups is 1. The number of nitrogens with zero attached hydrogens (tertiary/aromatic N) is 2. The fourth-order valence-electron chi connectivity index (χ4n) is 5.06. The molecule has 1 aliphatic carbocycles. The maximum absolute atomic E-state index is 13.0. The van der Waals surface area contributed by atoms with Gasteiger partial charge in [0.25, 0.3) is 0 Å². The second-order valence-electron chi connectivity index (χ2n) is 12.8. The predicted octanol–water partition coefficient (Wildman–Crippen LogP) is 3.28. The average Bonchev–Trinajstić information content (AvgIpc) is 2.86. The van der Waals surface area contributed by atoms with E-state index < -0.39 is 47.5 Å².